The maximum absolute atomic E-state index is 13.4. The SMILES string of the molecule is C=CCn1c(=O)c2cnc(Nc3cc4c(c(C5CC5)c3)CCN(C)C4)nc2n1-c1ccc2c(n1)C(C)(O)CC2. The fourth-order valence-electron chi connectivity index (χ4n) is 6.20. The number of benzene rings is 1. The van der Waals surface area contributed by atoms with Crippen LogP contribution < -0.4 is 10.9 Å². The number of likely N-dealkylation sites (N-methyl/N-ethyl adjacent to an activating group) is 1. The monoisotopic (exact) mass is 523 g/mol. The molecule has 1 fully saturated rings. The fourth-order valence-corrected chi connectivity index (χ4v) is 6.20. The van der Waals surface area contributed by atoms with E-state index in [4.69, 9.17) is 9.97 Å². The normalized spacial score (nSPS) is 20.7. The molecule has 2 aliphatic carbocycles. The van der Waals surface area contributed by atoms with Crippen molar-refractivity contribution in [2.24, 2.45) is 0 Å². The average Bonchev–Trinajstić information content (AvgIpc) is 3.67. The van der Waals surface area contributed by atoms with Crippen LogP contribution in [0.25, 0.3) is 16.9 Å². The van der Waals surface area contributed by atoms with Gasteiger partial charge in [0.05, 0.1) is 12.2 Å². The van der Waals surface area contributed by atoms with Crippen LogP contribution >= 0.6 is 0 Å². The highest BCUT2D eigenvalue weighted by Crippen LogP contribution is 2.44. The van der Waals surface area contributed by atoms with Gasteiger partial charge in [-0.2, -0.15) is 4.98 Å². The van der Waals surface area contributed by atoms with Crippen molar-refractivity contribution in [3.8, 4) is 5.82 Å². The van der Waals surface area contributed by atoms with Crippen molar-refractivity contribution in [2.45, 2.75) is 63.6 Å². The van der Waals surface area contributed by atoms with Crippen molar-refractivity contribution in [1.82, 2.24) is 29.2 Å². The van der Waals surface area contributed by atoms with E-state index in [1.807, 2.05) is 12.1 Å². The molecule has 2 N–H and O–H groups in total. The summed E-state index contributed by atoms with van der Waals surface area (Å²) in [6.07, 6.45) is 8.24. The molecule has 1 saturated carbocycles. The smallest absolute Gasteiger partial charge is 0.278 e. The third-order valence-electron chi connectivity index (χ3n) is 8.38. The van der Waals surface area contributed by atoms with Crippen LogP contribution in [0, 0.1) is 0 Å². The molecule has 4 aromatic rings. The Labute approximate surface area is 226 Å². The zero-order chi connectivity index (χ0) is 26.9. The highest BCUT2D eigenvalue weighted by molar-refractivity contribution is 5.77. The first-order valence-corrected chi connectivity index (χ1v) is 13.8. The van der Waals surface area contributed by atoms with Crippen LogP contribution in [0.15, 0.2) is 47.9 Å². The maximum Gasteiger partial charge on any atom is 0.278 e. The number of nitrogens with zero attached hydrogens (tertiary/aromatic N) is 6. The summed E-state index contributed by atoms with van der Waals surface area (Å²) in [6, 6.07) is 8.34. The van der Waals surface area contributed by atoms with Gasteiger partial charge >= 0.3 is 0 Å². The lowest BCUT2D eigenvalue weighted by molar-refractivity contribution is 0.0553. The highest BCUT2D eigenvalue weighted by Gasteiger charge is 2.34. The van der Waals surface area contributed by atoms with Crippen molar-refractivity contribution in [2.75, 3.05) is 18.9 Å². The molecule has 1 aromatic carbocycles. The van der Waals surface area contributed by atoms with E-state index in [2.05, 4.69) is 41.0 Å². The van der Waals surface area contributed by atoms with Gasteiger partial charge in [-0.3, -0.25) is 4.79 Å². The standard InChI is InChI=1S/C30H33N7O2/c1-4-12-36-28(38)24-16-31-29(32-21-14-20-17-35(3)13-10-22(20)23(15-21)18-5-6-18)34-27(24)37(36)25-8-7-19-9-11-30(2,39)26(19)33-25/h4,7-8,14-16,18,39H,1,5-6,9-13,17H2,2-3H3,(H,31,32,34). The second-order valence-electron chi connectivity index (χ2n) is 11.5. The number of hydrogen-bond donors (Lipinski definition) is 2. The molecule has 4 heterocycles. The summed E-state index contributed by atoms with van der Waals surface area (Å²) >= 11 is 0. The molecule has 7 rings (SSSR count). The van der Waals surface area contributed by atoms with E-state index < -0.39 is 5.60 Å². The summed E-state index contributed by atoms with van der Waals surface area (Å²) in [5.74, 6) is 1.60. The Hall–Kier alpha value is -3.82. The van der Waals surface area contributed by atoms with E-state index in [-0.39, 0.29) is 12.1 Å². The number of rotatable bonds is 6. The first-order valence-electron chi connectivity index (χ1n) is 13.8. The predicted octanol–water partition coefficient (Wildman–Crippen LogP) is 3.93. The van der Waals surface area contributed by atoms with E-state index in [0.717, 1.165) is 37.2 Å². The lowest BCUT2D eigenvalue weighted by atomic mass is 9.91. The van der Waals surface area contributed by atoms with E-state index in [9.17, 15) is 9.90 Å². The lowest BCUT2D eigenvalue weighted by Gasteiger charge is -2.28. The number of nitrogens with one attached hydrogen (secondary N) is 1. The Kier molecular flexibility index (Phi) is 5.50. The highest BCUT2D eigenvalue weighted by atomic mass is 16.3. The predicted molar refractivity (Wildman–Crippen MR) is 151 cm³/mol. The number of aliphatic hydroxyl groups is 1. The van der Waals surface area contributed by atoms with Gasteiger partial charge in [-0.25, -0.2) is 19.3 Å². The molecule has 0 saturated heterocycles. The zero-order valence-corrected chi connectivity index (χ0v) is 22.4. The Bertz CT molecular complexity index is 1700. The van der Waals surface area contributed by atoms with E-state index >= 15 is 0 Å². The molecule has 0 amide bonds. The Morgan fingerprint density at radius 3 is 2.85 bits per heavy atom. The molecule has 1 aliphatic heterocycles. The Balaban J connectivity index is 1.34. The molecule has 0 radical (unpaired) electrons. The second-order valence-corrected chi connectivity index (χ2v) is 11.5. The van der Waals surface area contributed by atoms with E-state index in [0.29, 0.717) is 40.8 Å². The van der Waals surface area contributed by atoms with Gasteiger partial charge in [0, 0.05) is 25.0 Å². The second kappa shape index (κ2) is 8.86. The molecule has 9 heteroatoms. The first-order chi connectivity index (χ1) is 18.8. The molecule has 9 nitrogen and oxygen atoms in total. The van der Waals surface area contributed by atoms with Gasteiger partial charge in [-0.15, -0.1) is 6.58 Å². The molecule has 0 bridgehead atoms. The van der Waals surface area contributed by atoms with Crippen LogP contribution in [0.1, 0.15) is 60.1 Å². The van der Waals surface area contributed by atoms with E-state index in [1.165, 1.54) is 29.5 Å². The van der Waals surface area contributed by atoms with Crippen molar-refractivity contribution in [3.05, 3.63) is 81.4 Å². The molecule has 1 unspecified atom stereocenters. The first kappa shape index (κ1) is 24.2. The van der Waals surface area contributed by atoms with E-state index in [1.54, 1.807) is 28.6 Å². The average molecular weight is 524 g/mol. The number of allylic oxidation sites excluding steroid dienone is 1. The number of anilines is 2. The fraction of sp³-hybridized carbons (Fsp3) is 0.400. The number of hydrogen-bond acceptors (Lipinski definition) is 7. The van der Waals surface area contributed by atoms with Gasteiger partial charge in [-0.05, 0) is 92.4 Å². The number of aromatic nitrogens is 5. The summed E-state index contributed by atoms with van der Waals surface area (Å²) in [6.45, 7) is 7.94. The number of fused-ring (bicyclic) bond motifs is 3. The molecular formula is C30H33N7O2. The Morgan fingerprint density at radius 2 is 2.05 bits per heavy atom. The minimum atomic E-state index is -1.00. The summed E-state index contributed by atoms with van der Waals surface area (Å²) in [4.78, 5) is 29.9. The topological polar surface area (TPSA) is 101 Å². The third kappa shape index (κ3) is 4.08. The molecule has 3 aromatic heterocycles. The summed E-state index contributed by atoms with van der Waals surface area (Å²) in [5, 5.41) is 14.7. The number of aryl methyl sites for hydroxylation is 1. The minimum absolute atomic E-state index is 0.210. The maximum atomic E-state index is 13.4. The molecular weight excluding hydrogens is 490 g/mol. The third-order valence-corrected chi connectivity index (χ3v) is 8.38. The zero-order valence-electron chi connectivity index (χ0n) is 22.4. The quantitative estimate of drug-likeness (QED) is 0.370. The molecule has 39 heavy (non-hydrogen) atoms. The summed E-state index contributed by atoms with van der Waals surface area (Å²) in [7, 11) is 2.16. The van der Waals surface area contributed by atoms with Crippen molar-refractivity contribution in [3.63, 3.8) is 0 Å². The Morgan fingerprint density at radius 1 is 1.21 bits per heavy atom. The number of pyridine rings is 1. The minimum Gasteiger partial charge on any atom is -0.384 e. The van der Waals surface area contributed by atoms with Crippen LogP contribution in [0.2, 0.25) is 0 Å². The van der Waals surface area contributed by atoms with Gasteiger partial charge in [0.25, 0.3) is 5.56 Å². The lowest BCUT2D eigenvalue weighted by Crippen LogP contribution is -2.27. The molecule has 0 spiro atoms. The van der Waals surface area contributed by atoms with Crippen LogP contribution in [0.3, 0.4) is 0 Å². The van der Waals surface area contributed by atoms with Crippen LogP contribution in [-0.2, 0) is 31.5 Å². The molecule has 1 atom stereocenters. The van der Waals surface area contributed by atoms with Gasteiger partial charge < -0.3 is 15.3 Å². The molecule has 3 aliphatic rings. The van der Waals surface area contributed by atoms with Crippen molar-refractivity contribution >= 4 is 22.7 Å². The van der Waals surface area contributed by atoms with Crippen LogP contribution in [0.5, 0.6) is 0 Å². The summed E-state index contributed by atoms with van der Waals surface area (Å²) < 4.78 is 3.28. The molecule has 200 valence electrons. The van der Waals surface area contributed by atoms with Gasteiger partial charge in [0.15, 0.2) is 11.5 Å². The van der Waals surface area contributed by atoms with Crippen LogP contribution in [-0.4, -0.2) is 47.9 Å². The van der Waals surface area contributed by atoms with Crippen molar-refractivity contribution < 1.29 is 5.11 Å². The van der Waals surface area contributed by atoms with Crippen molar-refractivity contribution in [1.29, 1.82) is 0 Å². The van der Waals surface area contributed by atoms with Crippen LogP contribution in [0.4, 0.5) is 11.6 Å². The van der Waals surface area contributed by atoms with Gasteiger partial charge in [-0.1, -0.05) is 12.1 Å². The van der Waals surface area contributed by atoms with Gasteiger partial charge in [0.1, 0.15) is 11.0 Å². The van der Waals surface area contributed by atoms with Gasteiger partial charge in [0.2, 0.25) is 5.95 Å². The largest absolute Gasteiger partial charge is 0.384 e. The summed E-state index contributed by atoms with van der Waals surface area (Å²) in [5.41, 5.74) is 6.22.